The minimum atomic E-state index is -0.0815. The number of benzene rings is 1. The van der Waals surface area contributed by atoms with Crippen molar-refractivity contribution in [2.45, 2.75) is 25.9 Å². The zero-order valence-electron chi connectivity index (χ0n) is 12.6. The average Bonchev–Trinajstić information content (AvgIpc) is 2.47. The SMILES string of the molecule is CCCOc1ccc(NC(=O)CC2CNCCO2)cc1Cl.Cl. The second-order valence-corrected chi connectivity index (χ2v) is 5.35. The van der Waals surface area contributed by atoms with Crippen LogP contribution in [0.5, 0.6) is 5.75 Å². The van der Waals surface area contributed by atoms with E-state index in [0.717, 1.165) is 13.0 Å². The first-order chi connectivity index (χ1) is 10.2. The molecule has 0 aromatic heterocycles. The molecule has 2 N–H and O–H groups in total. The molecule has 7 heteroatoms. The van der Waals surface area contributed by atoms with Gasteiger partial charge in [-0.15, -0.1) is 12.4 Å². The lowest BCUT2D eigenvalue weighted by Gasteiger charge is -2.23. The third-order valence-corrected chi connectivity index (χ3v) is 3.39. The van der Waals surface area contributed by atoms with Crippen molar-refractivity contribution in [3.8, 4) is 5.75 Å². The lowest BCUT2D eigenvalue weighted by molar-refractivity contribution is -0.119. The summed E-state index contributed by atoms with van der Waals surface area (Å²) in [7, 11) is 0. The van der Waals surface area contributed by atoms with Gasteiger partial charge in [-0.2, -0.15) is 0 Å². The van der Waals surface area contributed by atoms with Crippen LogP contribution >= 0.6 is 24.0 Å². The van der Waals surface area contributed by atoms with Crippen LogP contribution < -0.4 is 15.4 Å². The number of rotatable bonds is 6. The second kappa shape index (κ2) is 9.90. The molecule has 1 aromatic carbocycles. The van der Waals surface area contributed by atoms with E-state index in [2.05, 4.69) is 10.6 Å². The van der Waals surface area contributed by atoms with Gasteiger partial charge < -0.3 is 20.1 Å². The van der Waals surface area contributed by atoms with Gasteiger partial charge in [-0.05, 0) is 24.6 Å². The van der Waals surface area contributed by atoms with Crippen LogP contribution in [0.3, 0.4) is 0 Å². The average molecular weight is 349 g/mol. The molecule has 1 unspecified atom stereocenters. The van der Waals surface area contributed by atoms with Crippen LogP contribution in [0, 0.1) is 0 Å². The summed E-state index contributed by atoms with van der Waals surface area (Å²) in [4.78, 5) is 12.0. The molecule has 1 saturated heterocycles. The first kappa shape index (κ1) is 19.0. The molecular weight excluding hydrogens is 327 g/mol. The summed E-state index contributed by atoms with van der Waals surface area (Å²) >= 11 is 6.13. The largest absolute Gasteiger partial charge is 0.492 e. The van der Waals surface area contributed by atoms with E-state index in [4.69, 9.17) is 21.1 Å². The molecule has 1 aromatic rings. The van der Waals surface area contributed by atoms with Crippen LogP contribution in [-0.2, 0) is 9.53 Å². The summed E-state index contributed by atoms with van der Waals surface area (Å²) in [6.07, 6.45) is 1.18. The van der Waals surface area contributed by atoms with Crippen molar-refractivity contribution in [1.82, 2.24) is 5.32 Å². The highest BCUT2D eigenvalue weighted by Crippen LogP contribution is 2.27. The van der Waals surface area contributed by atoms with Crippen molar-refractivity contribution in [3.63, 3.8) is 0 Å². The van der Waals surface area contributed by atoms with Gasteiger partial charge in [-0.1, -0.05) is 18.5 Å². The van der Waals surface area contributed by atoms with Crippen LogP contribution in [0.15, 0.2) is 18.2 Å². The van der Waals surface area contributed by atoms with Gasteiger partial charge in [0, 0.05) is 18.8 Å². The predicted molar refractivity (Wildman–Crippen MR) is 90.3 cm³/mol. The molecule has 1 amide bonds. The quantitative estimate of drug-likeness (QED) is 0.829. The molecule has 1 atom stereocenters. The molecule has 0 spiro atoms. The highest BCUT2D eigenvalue weighted by atomic mass is 35.5. The number of nitrogens with one attached hydrogen (secondary N) is 2. The van der Waals surface area contributed by atoms with Gasteiger partial charge in [-0.25, -0.2) is 0 Å². The zero-order chi connectivity index (χ0) is 15.1. The lowest BCUT2D eigenvalue weighted by atomic mass is 10.2. The summed E-state index contributed by atoms with van der Waals surface area (Å²) in [6.45, 7) is 4.85. The minimum Gasteiger partial charge on any atom is -0.492 e. The summed E-state index contributed by atoms with van der Waals surface area (Å²) in [5.41, 5.74) is 0.664. The first-order valence-corrected chi connectivity index (χ1v) is 7.61. The Kier molecular flexibility index (Phi) is 8.56. The van der Waals surface area contributed by atoms with Crippen LogP contribution in [0.4, 0.5) is 5.69 Å². The Bertz CT molecular complexity index is 480. The summed E-state index contributed by atoms with van der Waals surface area (Å²) in [5, 5.41) is 6.52. The Morgan fingerprint density at radius 3 is 3.00 bits per heavy atom. The summed E-state index contributed by atoms with van der Waals surface area (Å²) in [5.74, 6) is 0.554. The second-order valence-electron chi connectivity index (χ2n) is 4.94. The van der Waals surface area contributed by atoms with Crippen molar-refractivity contribution in [2.75, 3.05) is 31.6 Å². The van der Waals surface area contributed by atoms with E-state index in [1.807, 2.05) is 6.92 Å². The predicted octanol–water partition coefficient (Wildman–Crippen LogP) is 2.87. The van der Waals surface area contributed by atoms with Crippen molar-refractivity contribution in [1.29, 1.82) is 0 Å². The van der Waals surface area contributed by atoms with Crippen molar-refractivity contribution in [3.05, 3.63) is 23.2 Å². The van der Waals surface area contributed by atoms with E-state index in [9.17, 15) is 4.79 Å². The Hall–Kier alpha value is -1.01. The minimum absolute atomic E-state index is 0. The number of ether oxygens (including phenoxy) is 2. The fourth-order valence-corrected chi connectivity index (χ4v) is 2.31. The Morgan fingerprint density at radius 2 is 2.36 bits per heavy atom. The van der Waals surface area contributed by atoms with Gasteiger partial charge in [-0.3, -0.25) is 4.79 Å². The van der Waals surface area contributed by atoms with Gasteiger partial charge in [0.1, 0.15) is 5.75 Å². The molecule has 1 aliphatic rings. The topological polar surface area (TPSA) is 59.6 Å². The van der Waals surface area contributed by atoms with Gasteiger partial charge in [0.25, 0.3) is 0 Å². The maximum Gasteiger partial charge on any atom is 0.227 e. The van der Waals surface area contributed by atoms with Crippen molar-refractivity contribution >= 4 is 35.6 Å². The fraction of sp³-hybridized carbons (Fsp3) is 0.533. The smallest absolute Gasteiger partial charge is 0.227 e. The van der Waals surface area contributed by atoms with Gasteiger partial charge in [0.05, 0.1) is 30.8 Å². The third-order valence-electron chi connectivity index (χ3n) is 3.09. The lowest BCUT2D eigenvalue weighted by Crippen LogP contribution is -2.40. The molecule has 0 aliphatic carbocycles. The fourth-order valence-electron chi connectivity index (χ4n) is 2.08. The number of amides is 1. The third kappa shape index (κ3) is 6.01. The Balaban J connectivity index is 0.00000242. The van der Waals surface area contributed by atoms with Crippen LogP contribution in [0.1, 0.15) is 19.8 Å². The Morgan fingerprint density at radius 1 is 1.55 bits per heavy atom. The van der Waals surface area contributed by atoms with Crippen LogP contribution in [0.2, 0.25) is 5.02 Å². The molecule has 124 valence electrons. The molecule has 1 fully saturated rings. The van der Waals surface area contributed by atoms with E-state index in [0.29, 0.717) is 42.6 Å². The number of halogens is 2. The maximum absolute atomic E-state index is 12.0. The van der Waals surface area contributed by atoms with E-state index < -0.39 is 0 Å². The number of carbonyl (C=O) groups excluding carboxylic acids is 1. The van der Waals surface area contributed by atoms with Crippen LogP contribution in [-0.4, -0.2) is 38.3 Å². The maximum atomic E-state index is 12.0. The number of carbonyl (C=O) groups is 1. The molecule has 2 rings (SSSR count). The van der Waals surface area contributed by atoms with Gasteiger partial charge in [0.2, 0.25) is 5.91 Å². The molecule has 0 radical (unpaired) electrons. The normalized spacial score (nSPS) is 17.5. The van der Waals surface area contributed by atoms with E-state index in [-0.39, 0.29) is 24.4 Å². The van der Waals surface area contributed by atoms with Crippen molar-refractivity contribution in [2.24, 2.45) is 0 Å². The monoisotopic (exact) mass is 348 g/mol. The van der Waals surface area contributed by atoms with E-state index >= 15 is 0 Å². The zero-order valence-corrected chi connectivity index (χ0v) is 14.1. The van der Waals surface area contributed by atoms with E-state index in [1.165, 1.54) is 0 Å². The number of anilines is 1. The highest BCUT2D eigenvalue weighted by Gasteiger charge is 2.17. The molecule has 0 bridgehead atoms. The van der Waals surface area contributed by atoms with Crippen LogP contribution in [0.25, 0.3) is 0 Å². The first-order valence-electron chi connectivity index (χ1n) is 7.23. The summed E-state index contributed by atoms with van der Waals surface area (Å²) in [6, 6.07) is 5.26. The molecule has 1 heterocycles. The van der Waals surface area contributed by atoms with E-state index in [1.54, 1.807) is 18.2 Å². The number of hydrogen-bond acceptors (Lipinski definition) is 4. The van der Waals surface area contributed by atoms with Crippen molar-refractivity contribution < 1.29 is 14.3 Å². The molecular formula is C15H22Cl2N2O3. The highest BCUT2D eigenvalue weighted by molar-refractivity contribution is 6.32. The number of morpholine rings is 1. The summed E-state index contributed by atoms with van der Waals surface area (Å²) < 4.78 is 11.0. The standard InChI is InChI=1S/C15H21ClN2O3.ClH/c1-2-6-21-14-4-3-11(8-13(14)16)18-15(19)9-12-10-17-5-7-20-12;/h3-4,8,12,17H,2,5-7,9-10H2,1H3,(H,18,19);1H. The van der Waals surface area contributed by atoms with Gasteiger partial charge >= 0.3 is 0 Å². The molecule has 5 nitrogen and oxygen atoms in total. The van der Waals surface area contributed by atoms with Gasteiger partial charge in [0.15, 0.2) is 0 Å². The molecule has 1 aliphatic heterocycles. The molecule has 22 heavy (non-hydrogen) atoms. The Labute approximate surface area is 142 Å². The molecule has 0 saturated carbocycles. The number of hydrogen-bond donors (Lipinski definition) is 2.